The monoisotopic (exact) mass is 346 g/mol. The quantitative estimate of drug-likeness (QED) is 0.572. The van der Waals surface area contributed by atoms with Crippen molar-refractivity contribution < 1.29 is 29.6 Å². The summed E-state index contributed by atoms with van der Waals surface area (Å²) in [6.07, 6.45) is 0.539. The standard InChI is InChI=1S/C19H22O6/c20-11-15-6-7-18(10-16(15)12-21)25-13-14-3-1-4-17(9-14)24-8-2-5-19(22)23/h1,3-4,6-7,9-10,20-21H,2,5,8,11-13H2,(H,22,23). The van der Waals surface area contributed by atoms with Crippen LogP contribution in [0, 0.1) is 0 Å². The van der Waals surface area contributed by atoms with Crippen LogP contribution in [-0.4, -0.2) is 27.9 Å². The van der Waals surface area contributed by atoms with Gasteiger partial charge in [-0.25, -0.2) is 0 Å². The predicted molar refractivity (Wildman–Crippen MR) is 91.4 cm³/mol. The summed E-state index contributed by atoms with van der Waals surface area (Å²) >= 11 is 0. The Kier molecular flexibility index (Phi) is 7.25. The summed E-state index contributed by atoms with van der Waals surface area (Å²) in [6, 6.07) is 12.6. The molecule has 0 aromatic heterocycles. The first-order valence-electron chi connectivity index (χ1n) is 8.02. The van der Waals surface area contributed by atoms with E-state index in [0.29, 0.717) is 42.3 Å². The molecule has 3 N–H and O–H groups in total. The maximum Gasteiger partial charge on any atom is 0.303 e. The third-order valence-electron chi connectivity index (χ3n) is 3.63. The summed E-state index contributed by atoms with van der Waals surface area (Å²) in [5, 5.41) is 27.1. The molecule has 6 heteroatoms. The Bertz CT molecular complexity index is 698. The van der Waals surface area contributed by atoms with Crippen molar-refractivity contribution in [2.24, 2.45) is 0 Å². The fourth-order valence-electron chi connectivity index (χ4n) is 2.30. The van der Waals surface area contributed by atoms with E-state index in [9.17, 15) is 15.0 Å². The molecular weight excluding hydrogens is 324 g/mol. The van der Waals surface area contributed by atoms with E-state index in [0.717, 1.165) is 5.56 Å². The number of carboxylic acid groups (broad SMARTS) is 1. The second-order valence-electron chi connectivity index (χ2n) is 5.53. The molecule has 0 fully saturated rings. The van der Waals surface area contributed by atoms with Gasteiger partial charge in [0.05, 0.1) is 19.8 Å². The zero-order chi connectivity index (χ0) is 18.1. The molecule has 25 heavy (non-hydrogen) atoms. The van der Waals surface area contributed by atoms with Gasteiger partial charge in [0.1, 0.15) is 18.1 Å². The van der Waals surface area contributed by atoms with Crippen LogP contribution >= 0.6 is 0 Å². The summed E-state index contributed by atoms with van der Waals surface area (Å²) in [5.74, 6) is 0.437. The Morgan fingerprint density at radius 3 is 2.40 bits per heavy atom. The number of hydrogen-bond donors (Lipinski definition) is 3. The third kappa shape index (κ3) is 6.10. The molecule has 134 valence electrons. The van der Waals surface area contributed by atoms with Crippen LogP contribution < -0.4 is 9.47 Å². The van der Waals surface area contributed by atoms with E-state index < -0.39 is 5.97 Å². The SMILES string of the molecule is O=C(O)CCCOc1cccc(COc2ccc(CO)c(CO)c2)c1. The number of aliphatic carboxylic acids is 1. The summed E-state index contributed by atoms with van der Waals surface area (Å²) in [5.41, 5.74) is 2.22. The molecule has 0 bridgehead atoms. The minimum Gasteiger partial charge on any atom is -0.494 e. The second kappa shape index (κ2) is 9.66. The molecule has 2 rings (SSSR count). The Morgan fingerprint density at radius 1 is 0.920 bits per heavy atom. The number of hydrogen-bond acceptors (Lipinski definition) is 5. The molecule has 0 aliphatic rings. The first kappa shape index (κ1) is 18.8. The zero-order valence-electron chi connectivity index (χ0n) is 13.9. The van der Waals surface area contributed by atoms with E-state index in [1.807, 2.05) is 24.3 Å². The summed E-state index contributed by atoms with van der Waals surface area (Å²) in [6.45, 7) is 0.388. The van der Waals surface area contributed by atoms with Gasteiger partial charge >= 0.3 is 5.97 Å². The molecule has 0 saturated carbocycles. The van der Waals surface area contributed by atoms with Crippen molar-refractivity contribution in [3.63, 3.8) is 0 Å². The van der Waals surface area contributed by atoms with Crippen LogP contribution in [0.25, 0.3) is 0 Å². The molecule has 0 spiro atoms. The highest BCUT2D eigenvalue weighted by atomic mass is 16.5. The van der Waals surface area contributed by atoms with Crippen molar-refractivity contribution in [2.75, 3.05) is 6.61 Å². The van der Waals surface area contributed by atoms with Gasteiger partial charge in [-0.15, -0.1) is 0 Å². The Balaban J connectivity index is 1.90. The lowest BCUT2D eigenvalue weighted by Crippen LogP contribution is -2.03. The van der Waals surface area contributed by atoms with Gasteiger partial charge in [0.15, 0.2) is 0 Å². The van der Waals surface area contributed by atoms with Gasteiger partial charge in [-0.1, -0.05) is 18.2 Å². The smallest absolute Gasteiger partial charge is 0.303 e. The average Bonchev–Trinajstić information content (AvgIpc) is 2.63. The lowest BCUT2D eigenvalue weighted by atomic mass is 10.1. The predicted octanol–water partition coefficient (Wildman–Crippen LogP) is 2.49. The largest absolute Gasteiger partial charge is 0.494 e. The van der Waals surface area contributed by atoms with Crippen LogP contribution in [0.15, 0.2) is 42.5 Å². The number of ether oxygens (including phenoxy) is 2. The Labute approximate surface area is 146 Å². The highest BCUT2D eigenvalue weighted by molar-refractivity contribution is 5.66. The van der Waals surface area contributed by atoms with Crippen LogP contribution in [0.5, 0.6) is 11.5 Å². The van der Waals surface area contributed by atoms with Crippen molar-refractivity contribution in [3.8, 4) is 11.5 Å². The van der Waals surface area contributed by atoms with Gasteiger partial charge in [0.2, 0.25) is 0 Å². The molecule has 6 nitrogen and oxygen atoms in total. The van der Waals surface area contributed by atoms with Crippen molar-refractivity contribution in [1.82, 2.24) is 0 Å². The Hall–Kier alpha value is -2.57. The molecule has 2 aromatic carbocycles. The van der Waals surface area contributed by atoms with Crippen LogP contribution in [0.1, 0.15) is 29.5 Å². The summed E-state index contributed by atoms with van der Waals surface area (Å²) in [7, 11) is 0. The molecule has 0 heterocycles. The highest BCUT2D eigenvalue weighted by Gasteiger charge is 2.05. The van der Waals surface area contributed by atoms with E-state index in [2.05, 4.69) is 0 Å². The molecule has 0 aliphatic heterocycles. The molecule has 0 unspecified atom stereocenters. The van der Waals surface area contributed by atoms with Crippen molar-refractivity contribution >= 4 is 5.97 Å². The minimum absolute atomic E-state index is 0.0832. The maximum absolute atomic E-state index is 10.5. The number of aliphatic hydroxyl groups excluding tert-OH is 2. The summed E-state index contributed by atoms with van der Waals surface area (Å²) < 4.78 is 11.3. The molecule has 0 atom stereocenters. The lowest BCUT2D eigenvalue weighted by Gasteiger charge is -2.11. The average molecular weight is 346 g/mol. The molecule has 0 radical (unpaired) electrons. The molecular formula is C19H22O6. The van der Waals surface area contributed by atoms with Gasteiger partial charge in [-0.2, -0.15) is 0 Å². The van der Waals surface area contributed by atoms with E-state index >= 15 is 0 Å². The van der Waals surface area contributed by atoms with Crippen LogP contribution in [0.2, 0.25) is 0 Å². The normalized spacial score (nSPS) is 10.5. The van der Waals surface area contributed by atoms with E-state index in [1.54, 1.807) is 18.2 Å². The Morgan fingerprint density at radius 2 is 1.68 bits per heavy atom. The van der Waals surface area contributed by atoms with E-state index in [1.165, 1.54) is 0 Å². The van der Waals surface area contributed by atoms with Crippen molar-refractivity contribution in [2.45, 2.75) is 32.7 Å². The highest BCUT2D eigenvalue weighted by Crippen LogP contribution is 2.20. The minimum atomic E-state index is -0.833. The zero-order valence-corrected chi connectivity index (χ0v) is 13.9. The van der Waals surface area contributed by atoms with Gasteiger partial charge in [0.25, 0.3) is 0 Å². The number of carbonyl (C=O) groups is 1. The fraction of sp³-hybridized carbons (Fsp3) is 0.316. The van der Waals surface area contributed by atoms with Crippen molar-refractivity contribution in [3.05, 3.63) is 59.2 Å². The van der Waals surface area contributed by atoms with Gasteiger partial charge in [-0.05, 0) is 47.4 Å². The van der Waals surface area contributed by atoms with Gasteiger partial charge in [0, 0.05) is 6.42 Å². The van der Waals surface area contributed by atoms with Gasteiger partial charge in [-0.3, -0.25) is 4.79 Å². The first-order chi connectivity index (χ1) is 12.1. The number of benzene rings is 2. The number of aliphatic hydroxyl groups is 2. The second-order valence-corrected chi connectivity index (χ2v) is 5.53. The summed E-state index contributed by atoms with van der Waals surface area (Å²) in [4.78, 5) is 10.5. The van der Waals surface area contributed by atoms with Gasteiger partial charge < -0.3 is 24.8 Å². The van der Waals surface area contributed by atoms with Crippen LogP contribution in [0.4, 0.5) is 0 Å². The molecule has 0 aliphatic carbocycles. The molecule has 0 saturated heterocycles. The van der Waals surface area contributed by atoms with Crippen LogP contribution in [0.3, 0.4) is 0 Å². The van der Waals surface area contributed by atoms with E-state index in [4.69, 9.17) is 14.6 Å². The molecule has 2 aromatic rings. The number of carboxylic acids is 1. The fourth-order valence-corrected chi connectivity index (χ4v) is 2.30. The van der Waals surface area contributed by atoms with Crippen LogP contribution in [-0.2, 0) is 24.6 Å². The van der Waals surface area contributed by atoms with E-state index in [-0.39, 0.29) is 19.6 Å². The number of rotatable bonds is 10. The maximum atomic E-state index is 10.5. The lowest BCUT2D eigenvalue weighted by molar-refractivity contribution is -0.137. The van der Waals surface area contributed by atoms with Crippen molar-refractivity contribution in [1.29, 1.82) is 0 Å². The third-order valence-corrected chi connectivity index (χ3v) is 3.63. The topological polar surface area (TPSA) is 96.2 Å². The first-order valence-corrected chi connectivity index (χ1v) is 8.02. The molecule has 0 amide bonds.